The molecule has 4 heteroatoms. The lowest BCUT2D eigenvalue weighted by Crippen LogP contribution is -2.55. The molecule has 1 aromatic rings. The maximum atomic E-state index is 6.71. The van der Waals surface area contributed by atoms with Crippen LogP contribution >= 0.6 is 0 Å². The van der Waals surface area contributed by atoms with Gasteiger partial charge in [-0.3, -0.25) is 4.90 Å². The highest BCUT2D eigenvalue weighted by Gasteiger charge is 2.45. The highest BCUT2D eigenvalue weighted by atomic mass is 15.2. The van der Waals surface area contributed by atoms with Crippen molar-refractivity contribution in [2.45, 2.75) is 56.5 Å². The minimum absolute atomic E-state index is 0.0169. The van der Waals surface area contributed by atoms with Crippen LogP contribution in [0.3, 0.4) is 0 Å². The lowest BCUT2D eigenvalue weighted by molar-refractivity contribution is 0.0479. The summed E-state index contributed by atoms with van der Waals surface area (Å²) in [5.74, 6) is 0.600. The highest BCUT2D eigenvalue weighted by molar-refractivity contribution is 5.42. The molecule has 1 aromatic heterocycles. The third-order valence-electron chi connectivity index (χ3n) is 5.24. The first-order chi connectivity index (χ1) is 9.74. The lowest BCUT2D eigenvalue weighted by Gasteiger charge is -2.47. The fourth-order valence-corrected chi connectivity index (χ4v) is 4.13. The van der Waals surface area contributed by atoms with Crippen LogP contribution in [0.15, 0.2) is 18.3 Å². The number of aromatic nitrogens is 1. The van der Waals surface area contributed by atoms with Crippen molar-refractivity contribution in [3.63, 3.8) is 0 Å². The van der Waals surface area contributed by atoms with Gasteiger partial charge in [-0.1, -0.05) is 25.3 Å². The summed E-state index contributed by atoms with van der Waals surface area (Å²) in [7, 11) is 0. The second-order valence-corrected chi connectivity index (χ2v) is 6.31. The number of anilines is 1. The first-order valence-corrected chi connectivity index (χ1v) is 7.95. The third kappa shape index (κ3) is 2.31. The number of rotatable bonds is 3. The van der Waals surface area contributed by atoms with Crippen LogP contribution in [-0.2, 0) is 0 Å². The summed E-state index contributed by atoms with van der Waals surface area (Å²) in [5.41, 5.74) is 13.9. The molecule has 110 valence electrons. The predicted octanol–water partition coefficient (Wildman–Crippen LogP) is 2.46. The molecule has 0 aromatic carbocycles. The molecular formula is C16H26N4. The van der Waals surface area contributed by atoms with Gasteiger partial charge in [0.05, 0.1) is 6.04 Å². The largest absolute Gasteiger partial charge is 0.383 e. The first kappa shape index (κ1) is 13.8. The molecule has 1 saturated heterocycles. The molecule has 4 N–H and O–H groups in total. The summed E-state index contributed by atoms with van der Waals surface area (Å²) >= 11 is 0. The first-order valence-electron chi connectivity index (χ1n) is 7.95. The highest BCUT2D eigenvalue weighted by Crippen LogP contribution is 2.45. The molecule has 0 spiro atoms. The van der Waals surface area contributed by atoms with Crippen LogP contribution in [0, 0.1) is 0 Å². The minimum Gasteiger partial charge on any atom is -0.383 e. The Hall–Kier alpha value is -1.13. The Morgan fingerprint density at radius 2 is 1.80 bits per heavy atom. The third-order valence-corrected chi connectivity index (χ3v) is 5.24. The molecule has 2 heterocycles. The average molecular weight is 274 g/mol. The molecule has 1 atom stereocenters. The van der Waals surface area contributed by atoms with E-state index in [0.29, 0.717) is 5.82 Å². The number of nitrogen functional groups attached to an aromatic ring is 1. The van der Waals surface area contributed by atoms with Crippen LogP contribution in [0.1, 0.15) is 56.6 Å². The topological polar surface area (TPSA) is 68.2 Å². The van der Waals surface area contributed by atoms with E-state index in [4.69, 9.17) is 11.5 Å². The van der Waals surface area contributed by atoms with E-state index >= 15 is 0 Å². The number of nitrogens with zero attached hydrogens (tertiary/aromatic N) is 2. The molecule has 1 aliphatic heterocycles. The predicted molar refractivity (Wildman–Crippen MR) is 82.2 cm³/mol. The Morgan fingerprint density at radius 1 is 1.10 bits per heavy atom. The van der Waals surface area contributed by atoms with Crippen LogP contribution in [-0.4, -0.2) is 28.5 Å². The van der Waals surface area contributed by atoms with Gasteiger partial charge in [0.25, 0.3) is 0 Å². The average Bonchev–Trinajstić information content (AvgIpc) is 2.99. The molecule has 20 heavy (non-hydrogen) atoms. The Labute approximate surface area is 121 Å². The SMILES string of the molecule is Nc1ncccc1C(N)C1(N2CCCCC2)CCCC1. The number of pyridine rings is 1. The molecule has 0 radical (unpaired) electrons. The summed E-state index contributed by atoms with van der Waals surface area (Å²) in [4.78, 5) is 6.88. The molecule has 2 aliphatic rings. The molecular weight excluding hydrogens is 248 g/mol. The summed E-state index contributed by atoms with van der Waals surface area (Å²) < 4.78 is 0. The van der Waals surface area contributed by atoms with Gasteiger partial charge in [0.15, 0.2) is 0 Å². The molecule has 4 nitrogen and oxygen atoms in total. The monoisotopic (exact) mass is 274 g/mol. The van der Waals surface area contributed by atoms with Crippen LogP contribution in [0.4, 0.5) is 5.82 Å². The van der Waals surface area contributed by atoms with Crippen LogP contribution < -0.4 is 11.5 Å². The van der Waals surface area contributed by atoms with Crippen LogP contribution in [0.2, 0.25) is 0 Å². The van der Waals surface area contributed by atoms with E-state index in [0.717, 1.165) is 5.56 Å². The van der Waals surface area contributed by atoms with E-state index in [2.05, 4.69) is 16.0 Å². The number of hydrogen-bond acceptors (Lipinski definition) is 4. The van der Waals surface area contributed by atoms with Gasteiger partial charge in [-0.15, -0.1) is 0 Å². The molecule has 3 rings (SSSR count). The number of piperidine rings is 1. The number of hydrogen-bond donors (Lipinski definition) is 2. The molecule has 0 bridgehead atoms. The lowest BCUT2D eigenvalue weighted by atomic mass is 9.81. The van der Waals surface area contributed by atoms with Crippen molar-refractivity contribution in [2.24, 2.45) is 5.73 Å². The van der Waals surface area contributed by atoms with Gasteiger partial charge in [-0.2, -0.15) is 0 Å². The van der Waals surface area contributed by atoms with Gasteiger partial charge in [0, 0.05) is 17.3 Å². The zero-order chi connectivity index (χ0) is 14.0. The minimum atomic E-state index is -0.0169. The van der Waals surface area contributed by atoms with Crippen molar-refractivity contribution in [2.75, 3.05) is 18.8 Å². The fourth-order valence-electron chi connectivity index (χ4n) is 4.13. The van der Waals surface area contributed by atoms with Gasteiger partial charge >= 0.3 is 0 Å². The Bertz CT molecular complexity index is 448. The summed E-state index contributed by atoms with van der Waals surface area (Å²) in [5, 5.41) is 0. The van der Waals surface area contributed by atoms with Gasteiger partial charge < -0.3 is 11.5 Å². The Balaban J connectivity index is 1.91. The van der Waals surface area contributed by atoms with Crippen LogP contribution in [0.5, 0.6) is 0 Å². The quantitative estimate of drug-likeness (QED) is 0.888. The normalized spacial score (nSPS) is 24.6. The van der Waals surface area contributed by atoms with Crippen molar-refractivity contribution in [3.8, 4) is 0 Å². The van der Waals surface area contributed by atoms with Crippen molar-refractivity contribution in [1.82, 2.24) is 9.88 Å². The molecule has 1 aliphatic carbocycles. The van der Waals surface area contributed by atoms with Crippen molar-refractivity contribution >= 4 is 5.82 Å². The van der Waals surface area contributed by atoms with E-state index < -0.39 is 0 Å². The zero-order valence-corrected chi connectivity index (χ0v) is 12.2. The maximum absolute atomic E-state index is 6.71. The second-order valence-electron chi connectivity index (χ2n) is 6.31. The van der Waals surface area contributed by atoms with E-state index in [1.807, 2.05) is 6.07 Å². The number of likely N-dealkylation sites (tertiary alicyclic amines) is 1. The van der Waals surface area contributed by atoms with E-state index in [9.17, 15) is 0 Å². The van der Waals surface area contributed by atoms with E-state index in [1.165, 1.54) is 58.0 Å². The maximum Gasteiger partial charge on any atom is 0.128 e. The second kappa shape index (κ2) is 5.70. The number of nitrogens with two attached hydrogens (primary N) is 2. The van der Waals surface area contributed by atoms with Gasteiger partial charge in [0.2, 0.25) is 0 Å². The summed E-state index contributed by atoms with van der Waals surface area (Å²) in [6.07, 6.45) is 10.7. The zero-order valence-electron chi connectivity index (χ0n) is 12.2. The molecule has 2 fully saturated rings. The fraction of sp³-hybridized carbons (Fsp3) is 0.688. The van der Waals surface area contributed by atoms with E-state index in [-0.39, 0.29) is 11.6 Å². The van der Waals surface area contributed by atoms with Crippen molar-refractivity contribution in [3.05, 3.63) is 23.9 Å². The standard InChI is InChI=1S/C16H26N4/c17-14(13-7-6-10-19-15(13)18)16(8-2-3-9-16)20-11-4-1-5-12-20/h6-7,10,14H,1-5,8-9,11-12,17H2,(H2,18,19). The van der Waals surface area contributed by atoms with Crippen molar-refractivity contribution < 1.29 is 0 Å². The van der Waals surface area contributed by atoms with Crippen LogP contribution in [0.25, 0.3) is 0 Å². The van der Waals surface area contributed by atoms with Gasteiger partial charge in [0.1, 0.15) is 5.82 Å². The van der Waals surface area contributed by atoms with Crippen molar-refractivity contribution in [1.29, 1.82) is 0 Å². The Morgan fingerprint density at radius 3 is 2.45 bits per heavy atom. The van der Waals surface area contributed by atoms with Gasteiger partial charge in [-0.05, 0) is 44.8 Å². The molecule has 0 amide bonds. The van der Waals surface area contributed by atoms with E-state index in [1.54, 1.807) is 6.20 Å². The summed E-state index contributed by atoms with van der Waals surface area (Å²) in [6, 6.07) is 3.98. The smallest absolute Gasteiger partial charge is 0.128 e. The van der Waals surface area contributed by atoms with Gasteiger partial charge in [-0.25, -0.2) is 4.98 Å². The molecule has 1 saturated carbocycles. The summed E-state index contributed by atoms with van der Waals surface area (Å²) in [6.45, 7) is 2.38. The Kier molecular flexibility index (Phi) is 3.94. The molecule has 1 unspecified atom stereocenters.